The van der Waals surface area contributed by atoms with Gasteiger partial charge in [-0.05, 0) is 30.8 Å². The standard InChI is InChI=1S/C14H21F3N2/c1-3-19(4-2)10-9-18-11-12-5-7-13(8-6-12)14(15,16)17/h5-8,18H,3-4,9-11H2,1-2H3. The highest BCUT2D eigenvalue weighted by Gasteiger charge is 2.29. The van der Waals surface area contributed by atoms with Gasteiger partial charge in [-0.1, -0.05) is 26.0 Å². The monoisotopic (exact) mass is 274 g/mol. The molecule has 0 saturated heterocycles. The first kappa shape index (κ1) is 16.0. The normalized spacial score (nSPS) is 12.1. The number of alkyl halides is 3. The Morgan fingerprint density at radius 3 is 2.11 bits per heavy atom. The molecule has 5 heteroatoms. The molecule has 0 bridgehead atoms. The maximum absolute atomic E-state index is 12.4. The van der Waals surface area contributed by atoms with Crippen LogP contribution in [0.3, 0.4) is 0 Å². The lowest BCUT2D eigenvalue weighted by molar-refractivity contribution is -0.137. The highest BCUT2D eigenvalue weighted by Crippen LogP contribution is 2.28. The van der Waals surface area contributed by atoms with Crippen LogP contribution in [0.1, 0.15) is 25.0 Å². The molecule has 0 spiro atoms. The Kier molecular flexibility index (Phi) is 6.31. The van der Waals surface area contributed by atoms with E-state index in [1.807, 2.05) is 0 Å². The van der Waals surface area contributed by atoms with Gasteiger partial charge < -0.3 is 10.2 Å². The molecule has 0 aromatic heterocycles. The fourth-order valence-electron chi connectivity index (χ4n) is 1.82. The van der Waals surface area contributed by atoms with Crippen molar-refractivity contribution < 1.29 is 13.2 Å². The Balaban J connectivity index is 2.34. The molecule has 1 aromatic rings. The molecule has 0 aliphatic carbocycles. The van der Waals surface area contributed by atoms with Crippen LogP contribution in [-0.2, 0) is 12.7 Å². The number of hydrogen-bond acceptors (Lipinski definition) is 2. The van der Waals surface area contributed by atoms with Crippen molar-refractivity contribution in [2.45, 2.75) is 26.6 Å². The van der Waals surface area contributed by atoms with Crippen molar-refractivity contribution in [3.63, 3.8) is 0 Å². The van der Waals surface area contributed by atoms with Crippen LogP contribution in [0.4, 0.5) is 13.2 Å². The van der Waals surface area contributed by atoms with E-state index in [9.17, 15) is 13.2 Å². The third kappa shape index (κ3) is 5.61. The van der Waals surface area contributed by atoms with Crippen molar-refractivity contribution in [3.8, 4) is 0 Å². The summed E-state index contributed by atoms with van der Waals surface area (Å²) in [6.45, 7) is 8.63. The highest BCUT2D eigenvalue weighted by atomic mass is 19.4. The quantitative estimate of drug-likeness (QED) is 0.768. The molecular weight excluding hydrogens is 253 g/mol. The first-order valence-corrected chi connectivity index (χ1v) is 6.56. The maximum atomic E-state index is 12.4. The number of likely N-dealkylation sites (N-methyl/N-ethyl adjacent to an activating group) is 1. The molecule has 108 valence electrons. The Morgan fingerprint density at radius 1 is 1.05 bits per heavy atom. The molecular formula is C14H21F3N2. The predicted octanol–water partition coefficient (Wildman–Crippen LogP) is 3.14. The number of benzene rings is 1. The summed E-state index contributed by atoms with van der Waals surface area (Å²) < 4.78 is 37.1. The number of halogens is 3. The summed E-state index contributed by atoms with van der Waals surface area (Å²) in [5.74, 6) is 0. The Labute approximate surface area is 112 Å². The molecule has 0 heterocycles. The molecule has 0 aliphatic rings. The lowest BCUT2D eigenvalue weighted by Crippen LogP contribution is -2.31. The number of nitrogens with one attached hydrogen (secondary N) is 1. The summed E-state index contributed by atoms with van der Waals surface area (Å²) in [5, 5.41) is 3.24. The van der Waals surface area contributed by atoms with E-state index < -0.39 is 11.7 Å². The topological polar surface area (TPSA) is 15.3 Å². The van der Waals surface area contributed by atoms with Crippen molar-refractivity contribution in [2.24, 2.45) is 0 Å². The molecule has 0 saturated carbocycles. The van der Waals surface area contributed by atoms with Gasteiger partial charge in [0, 0.05) is 19.6 Å². The van der Waals surface area contributed by atoms with E-state index in [4.69, 9.17) is 0 Å². The lowest BCUT2D eigenvalue weighted by atomic mass is 10.1. The van der Waals surface area contributed by atoms with E-state index in [-0.39, 0.29) is 0 Å². The third-order valence-electron chi connectivity index (χ3n) is 3.11. The molecule has 0 radical (unpaired) electrons. The molecule has 19 heavy (non-hydrogen) atoms. The molecule has 1 rings (SSSR count). The van der Waals surface area contributed by atoms with Gasteiger partial charge in [0.1, 0.15) is 0 Å². The Bertz CT molecular complexity index is 356. The summed E-state index contributed by atoms with van der Waals surface area (Å²) in [5.41, 5.74) is 0.270. The van der Waals surface area contributed by atoms with Gasteiger partial charge in [-0.3, -0.25) is 0 Å². The first-order chi connectivity index (χ1) is 8.97. The second-order valence-electron chi connectivity index (χ2n) is 4.40. The van der Waals surface area contributed by atoms with Crippen LogP contribution >= 0.6 is 0 Å². The summed E-state index contributed by atoms with van der Waals surface area (Å²) >= 11 is 0. The smallest absolute Gasteiger partial charge is 0.311 e. The zero-order chi connectivity index (χ0) is 14.3. The molecule has 0 unspecified atom stereocenters. The number of nitrogens with zero attached hydrogens (tertiary/aromatic N) is 1. The van der Waals surface area contributed by atoms with Gasteiger partial charge in [-0.25, -0.2) is 0 Å². The van der Waals surface area contributed by atoms with Gasteiger partial charge in [0.2, 0.25) is 0 Å². The van der Waals surface area contributed by atoms with E-state index in [2.05, 4.69) is 24.1 Å². The second-order valence-corrected chi connectivity index (χ2v) is 4.40. The highest BCUT2D eigenvalue weighted by molar-refractivity contribution is 5.24. The summed E-state index contributed by atoms with van der Waals surface area (Å²) in [7, 11) is 0. The fraction of sp³-hybridized carbons (Fsp3) is 0.571. The van der Waals surface area contributed by atoms with E-state index >= 15 is 0 Å². The van der Waals surface area contributed by atoms with Crippen LogP contribution < -0.4 is 5.32 Å². The van der Waals surface area contributed by atoms with Crippen LogP contribution in [0.25, 0.3) is 0 Å². The van der Waals surface area contributed by atoms with Gasteiger partial charge in [0.15, 0.2) is 0 Å². The van der Waals surface area contributed by atoms with Gasteiger partial charge in [0.25, 0.3) is 0 Å². The molecule has 0 fully saturated rings. The van der Waals surface area contributed by atoms with E-state index in [1.54, 1.807) is 0 Å². The molecule has 1 N–H and O–H groups in total. The Morgan fingerprint density at radius 2 is 1.63 bits per heavy atom. The molecule has 0 aliphatic heterocycles. The minimum absolute atomic E-state index is 0.597. The van der Waals surface area contributed by atoms with E-state index in [0.29, 0.717) is 6.54 Å². The van der Waals surface area contributed by atoms with Crippen molar-refractivity contribution in [2.75, 3.05) is 26.2 Å². The average Bonchev–Trinajstić information content (AvgIpc) is 2.38. The predicted molar refractivity (Wildman–Crippen MR) is 70.9 cm³/mol. The third-order valence-corrected chi connectivity index (χ3v) is 3.11. The zero-order valence-electron chi connectivity index (χ0n) is 11.4. The molecule has 0 amide bonds. The molecule has 1 aromatic carbocycles. The minimum atomic E-state index is -4.26. The Hall–Kier alpha value is -1.07. The van der Waals surface area contributed by atoms with E-state index in [0.717, 1.165) is 43.9 Å². The number of rotatable bonds is 7. The van der Waals surface area contributed by atoms with Gasteiger partial charge in [-0.2, -0.15) is 13.2 Å². The van der Waals surface area contributed by atoms with Crippen LogP contribution in [0.2, 0.25) is 0 Å². The van der Waals surface area contributed by atoms with Crippen molar-refractivity contribution >= 4 is 0 Å². The van der Waals surface area contributed by atoms with Gasteiger partial charge in [-0.15, -0.1) is 0 Å². The lowest BCUT2D eigenvalue weighted by Gasteiger charge is -2.18. The zero-order valence-corrected chi connectivity index (χ0v) is 11.4. The SMILES string of the molecule is CCN(CC)CCNCc1ccc(C(F)(F)F)cc1. The van der Waals surface area contributed by atoms with Gasteiger partial charge in [0.05, 0.1) is 5.56 Å². The number of hydrogen-bond donors (Lipinski definition) is 1. The summed E-state index contributed by atoms with van der Waals surface area (Å²) in [6.07, 6.45) is -4.26. The minimum Gasteiger partial charge on any atom is -0.311 e. The average molecular weight is 274 g/mol. The van der Waals surface area contributed by atoms with Crippen molar-refractivity contribution in [3.05, 3.63) is 35.4 Å². The van der Waals surface area contributed by atoms with Crippen LogP contribution in [0, 0.1) is 0 Å². The van der Waals surface area contributed by atoms with Gasteiger partial charge >= 0.3 is 6.18 Å². The second kappa shape index (κ2) is 7.50. The van der Waals surface area contributed by atoms with Crippen molar-refractivity contribution in [1.29, 1.82) is 0 Å². The van der Waals surface area contributed by atoms with Crippen LogP contribution in [0.5, 0.6) is 0 Å². The van der Waals surface area contributed by atoms with Crippen molar-refractivity contribution in [1.82, 2.24) is 10.2 Å². The van der Waals surface area contributed by atoms with E-state index in [1.165, 1.54) is 12.1 Å². The molecule has 2 nitrogen and oxygen atoms in total. The maximum Gasteiger partial charge on any atom is 0.416 e. The largest absolute Gasteiger partial charge is 0.416 e. The summed E-state index contributed by atoms with van der Waals surface area (Å²) in [6, 6.07) is 5.29. The summed E-state index contributed by atoms with van der Waals surface area (Å²) in [4.78, 5) is 2.29. The first-order valence-electron chi connectivity index (χ1n) is 6.56. The molecule has 0 atom stereocenters. The van der Waals surface area contributed by atoms with Crippen LogP contribution in [-0.4, -0.2) is 31.1 Å². The fourth-order valence-corrected chi connectivity index (χ4v) is 1.82. The van der Waals surface area contributed by atoms with Crippen LogP contribution in [0.15, 0.2) is 24.3 Å².